The van der Waals surface area contributed by atoms with Crippen molar-refractivity contribution in [3.05, 3.63) is 132 Å². The Morgan fingerprint density at radius 2 is 1.13 bits per heavy atom. The highest BCUT2D eigenvalue weighted by Gasteiger charge is 2.54. The molecule has 2 atom stereocenters. The van der Waals surface area contributed by atoms with Crippen molar-refractivity contribution in [2.75, 3.05) is 0 Å². The summed E-state index contributed by atoms with van der Waals surface area (Å²) in [6.07, 6.45) is 3.80. The molecule has 1 saturated carbocycles. The van der Waals surface area contributed by atoms with Crippen molar-refractivity contribution in [3.8, 4) is 0 Å². The van der Waals surface area contributed by atoms with Gasteiger partial charge in [-0.1, -0.05) is 128 Å². The largest absolute Gasteiger partial charge is 0.389 e. The Labute approximate surface area is 225 Å². The molecule has 0 bridgehead atoms. The summed E-state index contributed by atoms with van der Waals surface area (Å²) in [6, 6.07) is 37.1. The molecule has 0 spiro atoms. The predicted octanol–water partition coefficient (Wildman–Crippen LogP) is 6.24. The van der Waals surface area contributed by atoms with Crippen molar-refractivity contribution in [3.63, 3.8) is 0 Å². The average molecular weight is 524 g/mol. The summed E-state index contributed by atoms with van der Waals surface area (Å²) in [5, 5.41) is 17.1. The van der Waals surface area contributed by atoms with Gasteiger partial charge in [0.25, 0.3) is 5.91 Å². The molecule has 4 aromatic rings. The minimum atomic E-state index is -3.50. The van der Waals surface area contributed by atoms with Crippen molar-refractivity contribution < 1.29 is 14.5 Å². The molecule has 38 heavy (non-hydrogen) atoms. The normalized spacial score (nSPS) is 16.8. The lowest BCUT2D eigenvalue weighted by molar-refractivity contribution is -0.00834. The Bertz CT molecular complexity index is 1330. The van der Waals surface area contributed by atoms with Gasteiger partial charge in [0.05, 0.1) is 17.3 Å². The van der Waals surface area contributed by atoms with Gasteiger partial charge in [0, 0.05) is 16.2 Å². The number of benzene rings is 4. The van der Waals surface area contributed by atoms with E-state index in [1.54, 1.807) is 12.1 Å². The van der Waals surface area contributed by atoms with Crippen LogP contribution in [0.3, 0.4) is 0 Å². The molecule has 4 aromatic carbocycles. The fourth-order valence-corrected chi connectivity index (χ4v) is 9.68. The quantitative estimate of drug-likeness (QED) is 0.269. The molecule has 1 aliphatic carbocycles. The zero-order chi connectivity index (χ0) is 26.4. The fraction of sp³-hybridized carbons (Fsp3) is 0.242. The van der Waals surface area contributed by atoms with E-state index in [0.29, 0.717) is 29.0 Å². The van der Waals surface area contributed by atoms with E-state index in [1.807, 2.05) is 109 Å². The summed E-state index contributed by atoms with van der Waals surface area (Å²) in [6.45, 7) is 0. The van der Waals surface area contributed by atoms with Gasteiger partial charge in [-0.15, -0.1) is 0 Å². The van der Waals surface area contributed by atoms with Crippen molar-refractivity contribution >= 4 is 23.7 Å². The van der Waals surface area contributed by atoms with Crippen LogP contribution >= 0.6 is 7.14 Å². The van der Waals surface area contributed by atoms with Crippen molar-refractivity contribution in [1.29, 1.82) is 0 Å². The molecule has 1 amide bonds. The van der Waals surface area contributed by atoms with Gasteiger partial charge in [-0.3, -0.25) is 4.79 Å². The van der Waals surface area contributed by atoms with E-state index < -0.39 is 24.4 Å². The van der Waals surface area contributed by atoms with E-state index in [0.717, 1.165) is 24.8 Å². The third-order valence-corrected chi connectivity index (χ3v) is 11.4. The van der Waals surface area contributed by atoms with Crippen LogP contribution in [0.25, 0.3) is 0 Å². The number of carbonyl (C=O) groups excluding carboxylic acids is 1. The maximum absolute atomic E-state index is 15.8. The van der Waals surface area contributed by atoms with Crippen LogP contribution in [0.2, 0.25) is 0 Å². The van der Waals surface area contributed by atoms with Crippen molar-refractivity contribution in [2.45, 2.75) is 49.4 Å². The number of carbonyl (C=O) groups is 1. The molecular formula is C33H34NO3P. The number of amides is 1. The first-order chi connectivity index (χ1) is 18.5. The van der Waals surface area contributed by atoms with Crippen LogP contribution < -0.4 is 15.9 Å². The van der Waals surface area contributed by atoms with E-state index >= 15 is 4.57 Å². The molecule has 0 unspecified atom stereocenters. The van der Waals surface area contributed by atoms with Crippen LogP contribution in [0.5, 0.6) is 0 Å². The van der Waals surface area contributed by atoms with Crippen molar-refractivity contribution in [1.82, 2.24) is 5.32 Å². The second-order valence-electron chi connectivity index (χ2n) is 10.2. The van der Waals surface area contributed by atoms with Crippen LogP contribution in [-0.4, -0.2) is 22.3 Å². The minimum absolute atomic E-state index is 0.253. The second kappa shape index (κ2) is 11.5. The zero-order valence-electron chi connectivity index (χ0n) is 21.4. The number of hydrogen-bond donors (Lipinski definition) is 2. The monoisotopic (exact) mass is 523 g/mol. The molecular weight excluding hydrogens is 489 g/mol. The van der Waals surface area contributed by atoms with E-state index in [-0.39, 0.29) is 5.91 Å². The standard InChI is InChI=1S/C33H34NO3P/c35-32(27-18-8-2-9-19-27)34-30(26-16-6-1-7-17-26)31(33(36)24-14-5-15-25-33)38(37,28-20-10-3-11-21-28)29-22-12-4-13-23-29/h1-4,6-13,16-23,30-31,36H,5,14-15,24-25H2,(H,34,35)/t30-,31+/m1/s1. The molecule has 0 radical (unpaired) electrons. The minimum Gasteiger partial charge on any atom is -0.389 e. The van der Waals surface area contributed by atoms with E-state index in [4.69, 9.17) is 0 Å². The summed E-state index contributed by atoms with van der Waals surface area (Å²) in [5.41, 5.74) is -0.649. The SMILES string of the molecule is O=C(N[C@H](c1ccccc1)[C@@H](C1(O)CCCCC1)P(=O)(c1ccccc1)c1ccccc1)c1ccccc1. The summed E-state index contributed by atoms with van der Waals surface area (Å²) in [5.74, 6) is -0.253. The van der Waals surface area contributed by atoms with Gasteiger partial charge in [0.2, 0.25) is 0 Å². The Balaban J connectivity index is 1.75. The van der Waals surface area contributed by atoms with Gasteiger partial charge < -0.3 is 15.0 Å². The number of aliphatic hydroxyl groups is 1. The van der Waals surface area contributed by atoms with Crippen LogP contribution in [0, 0.1) is 0 Å². The summed E-state index contributed by atoms with van der Waals surface area (Å²) < 4.78 is 15.8. The lowest BCUT2D eigenvalue weighted by atomic mass is 9.78. The van der Waals surface area contributed by atoms with E-state index in [2.05, 4.69) is 5.32 Å². The predicted molar refractivity (Wildman–Crippen MR) is 155 cm³/mol. The Morgan fingerprint density at radius 3 is 1.63 bits per heavy atom. The molecule has 4 nitrogen and oxygen atoms in total. The Hall–Kier alpha value is -3.46. The van der Waals surface area contributed by atoms with Crippen LogP contribution in [0.4, 0.5) is 0 Å². The summed E-state index contributed by atoms with van der Waals surface area (Å²) in [4.78, 5) is 13.6. The summed E-state index contributed by atoms with van der Waals surface area (Å²) in [7, 11) is -3.50. The maximum Gasteiger partial charge on any atom is 0.251 e. The van der Waals surface area contributed by atoms with E-state index in [1.165, 1.54) is 0 Å². The van der Waals surface area contributed by atoms with Gasteiger partial charge in [0.15, 0.2) is 7.14 Å². The Kier molecular flexibility index (Phi) is 7.93. The summed E-state index contributed by atoms with van der Waals surface area (Å²) >= 11 is 0. The smallest absolute Gasteiger partial charge is 0.251 e. The van der Waals surface area contributed by atoms with Gasteiger partial charge >= 0.3 is 0 Å². The number of nitrogens with one attached hydrogen (secondary N) is 1. The highest BCUT2D eigenvalue weighted by molar-refractivity contribution is 7.79. The number of hydrogen-bond acceptors (Lipinski definition) is 3. The number of rotatable bonds is 8. The molecule has 2 N–H and O–H groups in total. The third-order valence-electron chi connectivity index (χ3n) is 7.74. The molecule has 0 aliphatic heterocycles. The molecule has 5 heteroatoms. The third kappa shape index (κ3) is 5.25. The maximum atomic E-state index is 15.8. The zero-order valence-corrected chi connectivity index (χ0v) is 22.3. The molecule has 5 rings (SSSR count). The van der Waals surface area contributed by atoms with Gasteiger partial charge in [-0.2, -0.15) is 0 Å². The van der Waals surface area contributed by atoms with Crippen LogP contribution in [-0.2, 0) is 4.57 Å². The molecule has 0 aromatic heterocycles. The van der Waals surface area contributed by atoms with Gasteiger partial charge in [0.1, 0.15) is 0 Å². The lowest BCUT2D eigenvalue weighted by Gasteiger charge is -2.47. The molecule has 194 valence electrons. The fourth-order valence-electron chi connectivity index (χ4n) is 5.91. The topological polar surface area (TPSA) is 66.4 Å². The average Bonchev–Trinajstić information content (AvgIpc) is 2.98. The first-order valence-corrected chi connectivity index (χ1v) is 15.1. The van der Waals surface area contributed by atoms with Crippen LogP contribution in [0.15, 0.2) is 121 Å². The highest BCUT2D eigenvalue weighted by atomic mass is 31.2. The second-order valence-corrected chi connectivity index (χ2v) is 13.1. The van der Waals surface area contributed by atoms with E-state index in [9.17, 15) is 9.90 Å². The first-order valence-electron chi connectivity index (χ1n) is 13.4. The molecule has 1 fully saturated rings. The Morgan fingerprint density at radius 1 is 0.684 bits per heavy atom. The lowest BCUT2D eigenvalue weighted by Crippen LogP contribution is -2.54. The highest BCUT2D eigenvalue weighted by Crippen LogP contribution is 2.59. The van der Waals surface area contributed by atoms with Gasteiger partial charge in [-0.05, 0) is 30.5 Å². The van der Waals surface area contributed by atoms with Crippen molar-refractivity contribution in [2.24, 2.45) is 0 Å². The molecule has 1 aliphatic rings. The van der Waals surface area contributed by atoms with Gasteiger partial charge in [-0.25, -0.2) is 0 Å². The molecule has 0 heterocycles. The molecule has 0 saturated heterocycles. The first kappa shape index (κ1) is 26.2. The van der Waals surface area contributed by atoms with Crippen LogP contribution in [0.1, 0.15) is 54.1 Å².